The number of aromatic amines is 1. The van der Waals surface area contributed by atoms with E-state index in [2.05, 4.69) is 15.2 Å². The first kappa shape index (κ1) is 15.7. The molecule has 1 fully saturated rings. The molecule has 5 nitrogen and oxygen atoms in total. The van der Waals surface area contributed by atoms with Crippen molar-refractivity contribution in [2.45, 2.75) is 25.7 Å². The highest BCUT2D eigenvalue weighted by Crippen LogP contribution is 2.25. The number of carbonyl (C=O) groups excluding carboxylic acids is 1. The average Bonchev–Trinajstić information content (AvgIpc) is 3.11. The Hall–Kier alpha value is -2.14. The summed E-state index contributed by atoms with van der Waals surface area (Å²) < 4.78 is 0. The molecule has 1 unspecified atom stereocenters. The fourth-order valence-corrected chi connectivity index (χ4v) is 3.12. The molecule has 6 heteroatoms. The second-order valence-electron chi connectivity index (χ2n) is 5.81. The predicted octanol–water partition coefficient (Wildman–Crippen LogP) is 3.27. The maximum Gasteiger partial charge on any atom is 0.249 e. The van der Waals surface area contributed by atoms with Crippen molar-refractivity contribution in [2.24, 2.45) is 0 Å². The molecule has 0 radical (unpaired) electrons. The van der Waals surface area contributed by atoms with Gasteiger partial charge in [0.25, 0.3) is 0 Å². The van der Waals surface area contributed by atoms with E-state index in [9.17, 15) is 4.79 Å². The molecule has 2 aromatic rings. The van der Waals surface area contributed by atoms with Gasteiger partial charge in [-0.1, -0.05) is 29.8 Å². The van der Waals surface area contributed by atoms with Gasteiger partial charge in [0.2, 0.25) is 5.91 Å². The Morgan fingerprint density at radius 1 is 1.43 bits per heavy atom. The number of hydrogen-bond donors (Lipinski definition) is 1. The van der Waals surface area contributed by atoms with E-state index in [1.807, 2.05) is 42.2 Å². The largest absolute Gasteiger partial charge is 0.338 e. The van der Waals surface area contributed by atoms with Crippen molar-refractivity contribution in [1.82, 2.24) is 20.1 Å². The van der Waals surface area contributed by atoms with E-state index in [-0.39, 0.29) is 11.8 Å². The van der Waals surface area contributed by atoms with E-state index in [1.165, 1.54) is 6.33 Å². The zero-order chi connectivity index (χ0) is 16.2. The third-order valence-corrected chi connectivity index (χ3v) is 4.49. The normalized spacial score (nSPS) is 19.0. The van der Waals surface area contributed by atoms with E-state index in [1.54, 1.807) is 0 Å². The maximum atomic E-state index is 12.7. The van der Waals surface area contributed by atoms with Crippen LogP contribution in [0.4, 0.5) is 0 Å². The van der Waals surface area contributed by atoms with Crippen molar-refractivity contribution in [3.05, 3.63) is 52.6 Å². The molecular formula is C17H19ClN4O. The molecule has 2 heterocycles. The standard InChI is InChI=1S/C17H19ClN4O/c1-12(9-13-5-2-3-7-15(13)18)17(23)22-8-4-6-14(10-22)16-19-11-20-21-16/h2-3,5,7,9,11,14H,4,6,8,10H2,1H3,(H,19,20,21)/b12-9+. The number of H-pyrrole nitrogens is 1. The lowest BCUT2D eigenvalue weighted by atomic mass is 9.96. The summed E-state index contributed by atoms with van der Waals surface area (Å²) >= 11 is 6.16. The van der Waals surface area contributed by atoms with Crippen LogP contribution in [0.2, 0.25) is 5.02 Å². The Labute approximate surface area is 140 Å². The van der Waals surface area contributed by atoms with Gasteiger partial charge >= 0.3 is 0 Å². The fourth-order valence-electron chi connectivity index (χ4n) is 2.93. The molecule has 23 heavy (non-hydrogen) atoms. The highest BCUT2D eigenvalue weighted by molar-refractivity contribution is 6.32. The smallest absolute Gasteiger partial charge is 0.249 e. The number of hydrogen-bond acceptors (Lipinski definition) is 3. The zero-order valence-electron chi connectivity index (χ0n) is 13.0. The number of likely N-dealkylation sites (tertiary alicyclic amines) is 1. The van der Waals surface area contributed by atoms with Gasteiger partial charge in [-0.05, 0) is 37.5 Å². The van der Waals surface area contributed by atoms with Crippen LogP contribution in [0.1, 0.15) is 37.1 Å². The minimum atomic E-state index is 0.0501. The summed E-state index contributed by atoms with van der Waals surface area (Å²) in [7, 11) is 0. The van der Waals surface area contributed by atoms with E-state index in [4.69, 9.17) is 11.6 Å². The Kier molecular flexibility index (Phi) is 4.76. The van der Waals surface area contributed by atoms with Crippen LogP contribution in [0.3, 0.4) is 0 Å². The molecule has 3 rings (SSSR count). The fraction of sp³-hybridized carbons (Fsp3) is 0.353. The highest BCUT2D eigenvalue weighted by atomic mass is 35.5. The second kappa shape index (κ2) is 6.96. The van der Waals surface area contributed by atoms with Crippen molar-refractivity contribution in [3.8, 4) is 0 Å². The van der Waals surface area contributed by atoms with Crippen LogP contribution in [0.5, 0.6) is 0 Å². The van der Waals surface area contributed by atoms with E-state index in [0.717, 1.165) is 30.8 Å². The van der Waals surface area contributed by atoms with Crippen molar-refractivity contribution in [3.63, 3.8) is 0 Å². The number of rotatable bonds is 3. The molecule has 1 aromatic heterocycles. The molecule has 0 saturated carbocycles. The van der Waals surface area contributed by atoms with Crippen LogP contribution in [0.15, 0.2) is 36.2 Å². The van der Waals surface area contributed by atoms with Gasteiger partial charge in [-0.15, -0.1) is 0 Å². The molecule has 1 saturated heterocycles. The molecule has 1 aliphatic heterocycles. The number of benzene rings is 1. The topological polar surface area (TPSA) is 61.9 Å². The number of nitrogens with one attached hydrogen (secondary N) is 1. The number of amides is 1. The molecule has 0 bridgehead atoms. The number of aromatic nitrogens is 3. The van der Waals surface area contributed by atoms with Gasteiger partial charge in [-0.2, -0.15) is 5.10 Å². The summed E-state index contributed by atoms with van der Waals surface area (Å²) in [6.45, 7) is 3.28. The van der Waals surface area contributed by atoms with Gasteiger partial charge in [-0.25, -0.2) is 4.98 Å². The zero-order valence-corrected chi connectivity index (χ0v) is 13.8. The van der Waals surface area contributed by atoms with Gasteiger partial charge in [0.05, 0.1) is 0 Å². The van der Waals surface area contributed by atoms with Crippen LogP contribution in [0.25, 0.3) is 6.08 Å². The van der Waals surface area contributed by atoms with Crippen LogP contribution in [0, 0.1) is 0 Å². The lowest BCUT2D eigenvalue weighted by molar-refractivity contribution is -0.128. The quantitative estimate of drug-likeness (QED) is 0.879. The van der Waals surface area contributed by atoms with E-state index < -0.39 is 0 Å². The summed E-state index contributed by atoms with van der Waals surface area (Å²) in [6, 6.07) is 7.53. The Bertz CT molecular complexity index is 711. The van der Waals surface area contributed by atoms with Gasteiger partial charge in [0, 0.05) is 29.6 Å². The number of halogens is 1. The average molecular weight is 331 g/mol. The molecule has 1 aliphatic rings. The highest BCUT2D eigenvalue weighted by Gasteiger charge is 2.26. The Morgan fingerprint density at radius 3 is 3.00 bits per heavy atom. The summed E-state index contributed by atoms with van der Waals surface area (Å²) in [5, 5.41) is 7.46. The SMILES string of the molecule is C/C(=C\c1ccccc1Cl)C(=O)N1CCCC(c2ncn[nH]2)C1. The predicted molar refractivity (Wildman–Crippen MR) is 90.0 cm³/mol. The molecule has 0 aliphatic carbocycles. The third-order valence-electron chi connectivity index (χ3n) is 4.14. The molecule has 1 atom stereocenters. The van der Waals surface area contributed by atoms with Crippen LogP contribution >= 0.6 is 11.6 Å². The van der Waals surface area contributed by atoms with Crippen molar-refractivity contribution >= 4 is 23.6 Å². The monoisotopic (exact) mass is 330 g/mol. The number of piperidine rings is 1. The van der Waals surface area contributed by atoms with Gasteiger partial charge in [0.15, 0.2) is 0 Å². The summed E-state index contributed by atoms with van der Waals surface area (Å²) in [6.07, 6.45) is 5.35. The first-order valence-corrected chi connectivity index (χ1v) is 8.10. The molecule has 1 N–H and O–H groups in total. The minimum Gasteiger partial charge on any atom is -0.338 e. The molecular weight excluding hydrogens is 312 g/mol. The summed E-state index contributed by atoms with van der Waals surface area (Å²) in [5.74, 6) is 1.13. The van der Waals surface area contributed by atoms with Gasteiger partial charge in [-0.3, -0.25) is 9.89 Å². The van der Waals surface area contributed by atoms with Crippen LogP contribution < -0.4 is 0 Å². The number of nitrogens with zero attached hydrogens (tertiary/aromatic N) is 3. The number of carbonyl (C=O) groups is 1. The van der Waals surface area contributed by atoms with Gasteiger partial charge in [0.1, 0.15) is 12.2 Å². The van der Waals surface area contributed by atoms with Gasteiger partial charge < -0.3 is 4.90 Å². The summed E-state index contributed by atoms with van der Waals surface area (Å²) in [4.78, 5) is 18.8. The van der Waals surface area contributed by atoms with Crippen LogP contribution in [-0.2, 0) is 4.79 Å². The Morgan fingerprint density at radius 2 is 2.26 bits per heavy atom. The maximum absolute atomic E-state index is 12.7. The Balaban J connectivity index is 1.73. The lowest BCUT2D eigenvalue weighted by Gasteiger charge is -2.32. The van der Waals surface area contributed by atoms with Crippen molar-refractivity contribution in [2.75, 3.05) is 13.1 Å². The first-order chi connectivity index (χ1) is 11.1. The lowest BCUT2D eigenvalue weighted by Crippen LogP contribution is -2.39. The van der Waals surface area contributed by atoms with Crippen LogP contribution in [-0.4, -0.2) is 39.1 Å². The van der Waals surface area contributed by atoms with E-state index >= 15 is 0 Å². The molecule has 120 valence electrons. The third kappa shape index (κ3) is 3.62. The second-order valence-corrected chi connectivity index (χ2v) is 6.22. The molecule has 0 spiro atoms. The van der Waals surface area contributed by atoms with E-state index in [0.29, 0.717) is 17.1 Å². The molecule has 1 amide bonds. The first-order valence-electron chi connectivity index (χ1n) is 7.72. The summed E-state index contributed by atoms with van der Waals surface area (Å²) in [5.41, 5.74) is 1.56. The van der Waals surface area contributed by atoms with Crippen molar-refractivity contribution < 1.29 is 4.79 Å². The molecule has 1 aromatic carbocycles. The van der Waals surface area contributed by atoms with Crippen molar-refractivity contribution in [1.29, 1.82) is 0 Å². The minimum absolute atomic E-state index is 0.0501.